The third-order valence-corrected chi connectivity index (χ3v) is 6.88. The lowest BCUT2D eigenvalue weighted by molar-refractivity contribution is -0.137. The van der Waals surface area contributed by atoms with E-state index in [2.05, 4.69) is 5.32 Å². The number of methoxy groups -OCH3 is 1. The molecule has 9 heteroatoms. The summed E-state index contributed by atoms with van der Waals surface area (Å²) in [6.45, 7) is 4.24. The maximum absolute atomic E-state index is 13.0. The van der Waals surface area contributed by atoms with Gasteiger partial charge in [-0.15, -0.1) is 0 Å². The molecule has 0 radical (unpaired) electrons. The number of hydrogen-bond donors (Lipinski definition) is 1. The van der Waals surface area contributed by atoms with Crippen LogP contribution in [-0.2, 0) is 23.8 Å². The van der Waals surface area contributed by atoms with Crippen LogP contribution in [0.3, 0.4) is 0 Å². The Morgan fingerprint density at radius 2 is 1.89 bits per heavy atom. The Kier molecular flexibility index (Phi) is 6.96. The number of fused-ring (bicyclic) bond motifs is 1. The van der Waals surface area contributed by atoms with Crippen molar-refractivity contribution in [2.75, 3.05) is 33.4 Å². The van der Waals surface area contributed by atoms with Crippen molar-refractivity contribution in [2.45, 2.75) is 38.8 Å². The second-order valence-corrected chi connectivity index (χ2v) is 9.50. The lowest BCUT2D eigenvalue weighted by atomic mass is 9.80. The molecule has 1 fully saturated rings. The SMILES string of the molecule is COc1cc(C(F)(F)F)ccc1C(=O)NCC1(C)CCN(C(=O)Cc2ccc3c(c2)CCO3)CC1. The van der Waals surface area contributed by atoms with Crippen LogP contribution in [0, 0.1) is 5.41 Å². The number of nitrogens with one attached hydrogen (secondary N) is 1. The van der Waals surface area contributed by atoms with E-state index < -0.39 is 17.6 Å². The molecule has 2 aliphatic heterocycles. The van der Waals surface area contributed by atoms with Gasteiger partial charge in [0.25, 0.3) is 5.91 Å². The molecule has 2 amide bonds. The molecular weight excluding hydrogens is 461 g/mol. The Hall–Kier alpha value is -3.23. The molecule has 0 spiro atoms. The Balaban J connectivity index is 1.30. The number of amides is 2. The molecule has 0 bridgehead atoms. The van der Waals surface area contributed by atoms with E-state index in [9.17, 15) is 22.8 Å². The average Bonchev–Trinajstić information content (AvgIpc) is 3.30. The molecule has 2 aromatic rings. The van der Waals surface area contributed by atoms with Gasteiger partial charge in [0.1, 0.15) is 11.5 Å². The highest BCUT2D eigenvalue weighted by molar-refractivity contribution is 5.97. The first-order chi connectivity index (χ1) is 16.6. The van der Waals surface area contributed by atoms with Crippen LogP contribution in [0.5, 0.6) is 11.5 Å². The van der Waals surface area contributed by atoms with Gasteiger partial charge in [0.2, 0.25) is 5.91 Å². The molecule has 0 unspecified atom stereocenters. The summed E-state index contributed by atoms with van der Waals surface area (Å²) in [5.41, 5.74) is 1.07. The number of alkyl halides is 3. The predicted octanol–water partition coefficient (Wildman–Crippen LogP) is 4.25. The smallest absolute Gasteiger partial charge is 0.416 e. The normalized spacial score (nSPS) is 16.9. The van der Waals surface area contributed by atoms with Crippen LogP contribution >= 0.6 is 0 Å². The highest BCUT2D eigenvalue weighted by Gasteiger charge is 2.34. The molecule has 0 aromatic heterocycles. The number of halogens is 3. The Bertz CT molecular complexity index is 1110. The van der Waals surface area contributed by atoms with Gasteiger partial charge in [-0.05, 0) is 53.6 Å². The lowest BCUT2D eigenvalue weighted by Gasteiger charge is -2.39. The summed E-state index contributed by atoms with van der Waals surface area (Å²) in [5.74, 6) is 0.354. The van der Waals surface area contributed by atoms with Crippen LogP contribution in [0.1, 0.15) is 46.8 Å². The molecule has 2 aromatic carbocycles. The minimum Gasteiger partial charge on any atom is -0.496 e. The molecule has 188 valence electrons. The molecule has 2 aliphatic rings. The third kappa shape index (κ3) is 5.71. The van der Waals surface area contributed by atoms with Crippen LogP contribution in [0.15, 0.2) is 36.4 Å². The van der Waals surface area contributed by atoms with Gasteiger partial charge in [0.15, 0.2) is 0 Å². The molecule has 1 saturated heterocycles. The third-order valence-electron chi connectivity index (χ3n) is 6.88. The number of carbonyl (C=O) groups excluding carboxylic acids is 2. The van der Waals surface area contributed by atoms with Gasteiger partial charge in [-0.1, -0.05) is 19.1 Å². The van der Waals surface area contributed by atoms with Gasteiger partial charge < -0.3 is 19.7 Å². The van der Waals surface area contributed by atoms with E-state index >= 15 is 0 Å². The number of carbonyl (C=O) groups is 2. The van der Waals surface area contributed by atoms with Gasteiger partial charge in [-0.2, -0.15) is 13.2 Å². The molecule has 35 heavy (non-hydrogen) atoms. The first kappa shape index (κ1) is 24.9. The molecule has 2 heterocycles. The number of nitrogens with zero attached hydrogens (tertiary/aromatic N) is 1. The molecule has 6 nitrogen and oxygen atoms in total. The van der Waals surface area contributed by atoms with E-state index in [1.807, 2.05) is 30.0 Å². The van der Waals surface area contributed by atoms with Crippen molar-refractivity contribution in [3.05, 3.63) is 58.7 Å². The largest absolute Gasteiger partial charge is 0.496 e. The second kappa shape index (κ2) is 9.79. The standard InChI is InChI=1S/C26H29F3N2O4/c1-25(16-30-24(33)20-5-4-19(26(27,28)29)15-22(20)34-2)8-10-31(11-9-25)23(32)14-17-3-6-21-18(13-17)7-12-35-21/h3-6,13,15H,7-12,14,16H2,1-2H3,(H,30,33). The fourth-order valence-corrected chi connectivity index (χ4v) is 4.55. The summed E-state index contributed by atoms with van der Waals surface area (Å²) in [6, 6.07) is 8.73. The average molecular weight is 491 g/mol. The summed E-state index contributed by atoms with van der Waals surface area (Å²) in [5, 5.41) is 2.83. The summed E-state index contributed by atoms with van der Waals surface area (Å²) in [4.78, 5) is 27.4. The zero-order chi connectivity index (χ0) is 25.2. The second-order valence-electron chi connectivity index (χ2n) is 9.50. The molecule has 4 rings (SSSR count). The maximum Gasteiger partial charge on any atom is 0.416 e. The zero-order valence-electron chi connectivity index (χ0n) is 19.8. The van der Waals surface area contributed by atoms with Gasteiger partial charge in [-0.25, -0.2) is 0 Å². The summed E-state index contributed by atoms with van der Waals surface area (Å²) >= 11 is 0. The van der Waals surface area contributed by atoms with Crippen molar-refractivity contribution < 1.29 is 32.2 Å². The van der Waals surface area contributed by atoms with Crippen LogP contribution in [0.2, 0.25) is 0 Å². The lowest BCUT2D eigenvalue weighted by Crippen LogP contribution is -2.47. The van der Waals surface area contributed by atoms with E-state index in [1.54, 1.807) is 0 Å². The van der Waals surface area contributed by atoms with E-state index in [0.717, 1.165) is 41.5 Å². The van der Waals surface area contributed by atoms with Crippen molar-refractivity contribution in [1.29, 1.82) is 0 Å². The zero-order valence-corrected chi connectivity index (χ0v) is 19.8. The fraction of sp³-hybridized carbons (Fsp3) is 0.462. The quantitative estimate of drug-likeness (QED) is 0.658. The highest BCUT2D eigenvalue weighted by Crippen LogP contribution is 2.34. The molecule has 1 N–H and O–H groups in total. The molecule has 0 aliphatic carbocycles. The van der Waals surface area contributed by atoms with Crippen LogP contribution < -0.4 is 14.8 Å². The number of likely N-dealkylation sites (tertiary alicyclic amines) is 1. The minimum absolute atomic E-state index is 0.0523. The first-order valence-corrected chi connectivity index (χ1v) is 11.6. The Morgan fingerprint density at radius 1 is 1.14 bits per heavy atom. The maximum atomic E-state index is 13.0. The van der Waals surface area contributed by atoms with Crippen LogP contribution in [0.25, 0.3) is 0 Å². The highest BCUT2D eigenvalue weighted by atomic mass is 19.4. The number of benzene rings is 2. The number of ether oxygens (including phenoxy) is 2. The predicted molar refractivity (Wildman–Crippen MR) is 124 cm³/mol. The molecular formula is C26H29F3N2O4. The number of rotatable bonds is 6. The van der Waals surface area contributed by atoms with Crippen molar-refractivity contribution in [1.82, 2.24) is 10.2 Å². The fourth-order valence-electron chi connectivity index (χ4n) is 4.55. The molecule has 0 atom stereocenters. The van der Waals surface area contributed by atoms with Gasteiger partial charge in [0.05, 0.1) is 31.3 Å². The Morgan fingerprint density at radius 3 is 2.57 bits per heavy atom. The van der Waals surface area contributed by atoms with E-state index in [4.69, 9.17) is 9.47 Å². The van der Waals surface area contributed by atoms with Crippen LogP contribution in [0.4, 0.5) is 13.2 Å². The van der Waals surface area contributed by atoms with Gasteiger partial charge >= 0.3 is 6.18 Å². The summed E-state index contributed by atoms with van der Waals surface area (Å²) < 4.78 is 49.4. The summed E-state index contributed by atoms with van der Waals surface area (Å²) in [7, 11) is 1.23. The van der Waals surface area contributed by atoms with Gasteiger partial charge in [-0.3, -0.25) is 9.59 Å². The number of piperidine rings is 1. The topological polar surface area (TPSA) is 67.9 Å². The van der Waals surface area contributed by atoms with E-state index in [0.29, 0.717) is 45.5 Å². The molecule has 0 saturated carbocycles. The van der Waals surface area contributed by atoms with Crippen molar-refractivity contribution in [2.24, 2.45) is 5.41 Å². The van der Waals surface area contributed by atoms with Crippen molar-refractivity contribution in [3.63, 3.8) is 0 Å². The van der Waals surface area contributed by atoms with Crippen molar-refractivity contribution in [3.8, 4) is 11.5 Å². The number of hydrogen-bond acceptors (Lipinski definition) is 4. The van der Waals surface area contributed by atoms with Crippen LogP contribution in [-0.4, -0.2) is 50.1 Å². The van der Waals surface area contributed by atoms with E-state index in [1.165, 1.54) is 7.11 Å². The first-order valence-electron chi connectivity index (χ1n) is 11.6. The van der Waals surface area contributed by atoms with E-state index in [-0.39, 0.29) is 22.6 Å². The Labute approximate surface area is 202 Å². The minimum atomic E-state index is -4.52. The summed E-state index contributed by atoms with van der Waals surface area (Å²) in [6.07, 6.45) is -1.89. The van der Waals surface area contributed by atoms with Crippen molar-refractivity contribution >= 4 is 11.8 Å². The van der Waals surface area contributed by atoms with Gasteiger partial charge in [0, 0.05) is 26.1 Å². The monoisotopic (exact) mass is 490 g/mol.